The molecule has 1 aromatic rings. The zero-order valence-electron chi connectivity index (χ0n) is 10.8. The van der Waals surface area contributed by atoms with Crippen LogP contribution in [0.15, 0.2) is 24.3 Å². The highest BCUT2D eigenvalue weighted by atomic mass is 19.4. The summed E-state index contributed by atoms with van der Waals surface area (Å²) >= 11 is 0. The van der Waals surface area contributed by atoms with Gasteiger partial charge in [-0.15, -0.1) is 0 Å². The van der Waals surface area contributed by atoms with Crippen molar-refractivity contribution in [1.29, 1.82) is 0 Å². The van der Waals surface area contributed by atoms with Crippen LogP contribution in [0.4, 0.5) is 17.6 Å². The van der Waals surface area contributed by atoms with E-state index < -0.39 is 24.7 Å². The van der Waals surface area contributed by atoms with E-state index in [1.54, 1.807) is 0 Å². The van der Waals surface area contributed by atoms with Crippen molar-refractivity contribution in [2.75, 3.05) is 13.2 Å². The molecule has 108 valence electrons. The third-order valence-electron chi connectivity index (χ3n) is 2.40. The van der Waals surface area contributed by atoms with E-state index in [1.807, 2.05) is 13.8 Å². The Morgan fingerprint density at radius 2 is 1.74 bits per heavy atom. The van der Waals surface area contributed by atoms with Gasteiger partial charge in [-0.25, -0.2) is 4.39 Å². The number of hydrogen-bond acceptors (Lipinski definition) is 2. The molecule has 1 aromatic carbocycles. The molecule has 2 nitrogen and oxygen atoms in total. The number of benzene rings is 1. The Morgan fingerprint density at radius 1 is 1.16 bits per heavy atom. The van der Waals surface area contributed by atoms with E-state index >= 15 is 0 Å². The number of nitrogens with one attached hydrogen (secondary N) is 1. The molecule has 0 aromatic heterocycles. The van der Waals surface area contributed by atoms with Gasteiger partial charge in [0.2, 0.25) is 0 Å². The maximum atomic E-state index is 12.8. The molecule has 19 heavy (non-hydrogen) atoms. The first-order valence-corrected chi connectivity index (χ1v) is 5.95. The SMILES string of the molecule is CC(C)NCC(OCC(F)(F)F)c1ccc(F)cc1. The van der Waals surface area contributed by atoms with Gasteiger partial charge < -0.3 is 10.1 Å². The van der Waals surface area contributed by atoms with Crippen molar-refractivity contribution in [3.05, 3.63) is 35.6 Å². The second-order valence-corrected chi connectivity index (χ2v) is 4.53. The summed E-state index contributed by atoms with van der Waals surface area (Å²) < 4.78 is 54.2. The van der Waals surface area contributed by atoms with Crippen LogP contribution < -0.4 is 5.32 Å². The molecule has 0 aliphatic rings. The highest BCUT2D eigenvalue weighted by Gasteiger charge is 2.29. The lowest BCUT2D eigenvalue weighted by molar-refractivity contribution is -0.185. The minimum atomic E-state index is -4.38. The van der Waals surface area contributed by atoms with Gasteiger partial charge in [-0.2, -0.15) is 13.2 Å². The fourth-order valence-corrected chi connectivity index (χ4v) is 1.49. The smallest absolute Gasteiger partial charge is 0.363 e. The van der Waals surface area contributed by atoms with Crippen LogP contribution in [0.5, 0.6) is 0 Å². The Balaban J connectivity index is 2.70. The summed E-state index contributed by atoms with van der Waals surface area (Å²) in [5, 5.41) is 3.01. The molecule has 0 aliphatic carbocycles. The highest BCUT2D eigenvalue weighted by molar-refractivity contribution is 5.19. The Kier molecular flexibility index (Phi) is 5.75. The van der Waals surface area contributed by atoms with Crippen LogP contribution in [0.1, 0.15) is 25.5 Å². The van der Waals surface area contributed by atoms with Crippen molar-refractivity contribution >= 4 is 0 Å². The van der Waals surface area contributed by atoms with Crippen LogP contribution in [0.3, 0.4) is 0 Å². The van der Waals surface area contributed by atoms with Crippen molar-refractivity contribution in [1.82, 2.24) is 5.32 Å². The zero-order valence-corrected chi connectivity index (χ0v) is 10.8. The molecule has 0 aliphatic heterocycles. The third kappa shape index (κ3) is 6.54. The zero-order chi connectivity index (χ0) is 14.5. The van der Waals surface area contributed by atoms with E-state index in [0.29, 0.717) is 5.56 Å². The van der Waals surface area contributed by atoms with Crippen LogP contribution in [0, 0.1) is 5.82 Å². The second-order valence-electron chi connectivity index (χ2n) is 4.53. The van der Waals surface area contributed by atoms with Gasteiger partial charge in [0.05, 0.1) is 6.10 Å². The number of rotatable bonds is 6. The van der Waals surface area contributed by atoms with E-state index in [1.165, 1.54) is 24.3 Å². The first-order valence-electron chi connectivity index (χ1n) is 5.95. The van der Waals surface area contributed by atoms with Crippen molar-refractivity contribution in [2.45, 2.75) is 32.2 Å². The van der Waals surface area contributed by atoms with E-state index in [2.05, 4.69) is 5.32 Å². The summed E-state index contributed by atoms with van der Waals surface area (Å²) in [6, 6.07) is 5.39. The molecule has 1 atom stereocenters. The molecule has 1 N–H and O–H groups in total. The Hall–Kier alpha value is -1.14. The Morgan fingerprint density at radius 3 is 2.21 bits per heavy atom. The van der Waals surface area contributed by atoms with E-state index in [-0.39, 0.29) is 12.6 Å². The van der Waals surface area contributed by atoms with Crippen molar-refractivity contribution in [3.63, 3.8) is 0 Å². The fraction of sp³-hybridized carbons (Fsp3) is 0.538. The van der Waals surface area contributed by atoms with Gasteiger partial charge in [0.1, 0.15) is 12.4 Å². The summed E-state index contributed by atoms with van der Waals surface area (Å²) in [4.78, 5) is 0. The Bertz CT molecular complexity index is 375. The number of hydrogen-bond donors (Lipinski definition) is 1. The van der Waals surface area contributed by atoms with Crippen LogP contribution >= 0.6 is 0 Å². The molecule has 0 fully saturated rings. The molecule has 0 saturated carbocycles. The minimum Gasteiger partial charge on any atom is -0.363 e. The predicted octanol–water partition coefficient (Wildman–Crippen LogP) is 3.44. The molecule has 0 spiro atoms. The van der Waals surface area contributed by atoms with Gasteiger partial charge in [-0.1, -0.05) is 26.0 Å². The molecular weight excluding hydrogens is 262 g/mol. The fourth-order valence-electron chi connectivity index (χ4n) is 1.49. The largest absolute Gasteiger partial charge is 0.411 e. The van der Waals surface area contributed by atoms with Crippen LogP contribution in [0.25, 0.3) is 0 Å². The first kappa shape index (κ1) is 15.9. The van der Waals surface area contributed by atoms with Gasteiger partial charge in [-0.05, 0) is 17.7 Å². The maximum absolute atomic E-state index is 12.8. The van der Waals surface area contributed by atoms with E-state index in [4.69, 9.17) is 4.74 Å². The van der Waals surface area contributed by atoms with Crippen molar-refractivity contribution in [2.24, 2.45) is 0 Å². The monoisotopic (exact) mass is 279 g/mol. The van der Waals surface area contributed by atoms with Crippen LogP contribution in [-0.4, -0.2) is 25.4 Å². The molecule has 0 heterocycles. The molecule has 0 saturated heterocycles. The standard InChI is InChI=1S/C13H17F4NO/c1-9(2)18-7-12(19-8-13(15,16)17)10-3-5-11(14)6-4-10/h3-6,9,12,18H,7-8H2,1-2H3. The molecule has 1 rings (SSSR count). The predicted molar refractivity (Wildman–Crippen MR) is 64.3 cm³/mol. The molecule has 1 unspecified atom stereocenters. The summed E-state index contributed by atoms with van der Waals surface area (Å²) in [7, 11) is 0. The molecule has 0 amide bonds. The first-order chi connectivity index (χ1) is 8.78. The lowest BCUT2D eigenvalue weighted by Gasteiger charge is -2.21. The van der Waals surface area contributed by atoms with E-state index in [0.717, 1.165) is 0 Å². The normalized spacial score (nSPS) is 13.8. The van der Waals surface area contributed by atoms with Crippen molar-refractivity contribution in [3.8, 4) is 0 Å². The van der Waals surface area contributed by atoms with Gasteiger partial charge in [0.25, 0.3) is 0 Å². The minimum absolute atomic E-state index is 0.123. The second kappa shape index (κ2) is 6.86. The van der Waals surface area contributed by atoms with Gasteiger partial charge in [0, 0.05) is 12.6 Å². The third-order valence-corrected chi connectivity index (χ3v) is 2.40. The van der Waals surface area contributed by atoms with Gasteiger partial charge >= 0.3 is 6.18 Å². The van der Waals surface area contributed by atoms with Gasteiger partial charge in [-0.3, -0.25) is 0 Å². The highest BCUT2D eigenvalue weighted by Crippen LogP contribution is 2.22. The Labute approximate surface area is 109 Å². The van der Waals surface area contributed by atoms with E-state index in [9.17, 15) is 17.6 Å². The number of halogens is 4. The lowest BCUT2D eigenvalue weighted by atomic mass is 10.1. The number of alkyl halides is 3. The van der Waals surface area contributed by atoms with Crippen molar-refractivity contribution < 1.29 is 22.3 Å². The van der Waals surface area contributed by atoms with Crippen LogP contribution in [0.2, 0.25) is 0 Å². The molecule has 0 radical (unpaired) electrons. The summed E-state index contributed by atoms with van der Waals surface area (Å²) in [5.41, 5.74) is 0.513. The number of ether oxygens (including phenoxy) is 1. The van der Waals surface area contributed by atoms with Crippen LogP contribution in [-0.2, 0) is 4.74 Å². The maximum Gasteiger partial charge on any atom is 0.411 e. The van der Waals surface area contributed by atoms with Gasteiger partial charge in [0.15, 0.2) is 0 Å². The summed E-state index contributed by atoms with van der Waals surface area (Å²) in [6.45, 7) is 2.67. The molecule has 0 bridgehead atoms. The summed E-state index contributed by atoms with van der Waals surface area (Å²) in [5.74, 6) is -0.435. The average Bonchev–Trinajstić information content (AvgIpc) is 2.29. The summed E-state index contributed by atoms with van der Waals surface area (Å²) in [6.07, 6.45) is -5.14. The lowest BCUT2D eigenvalue weighted by Crippen LogP contribution is -2.31. The molecular formula is C13H17F4NO. The average molecular weight is 279 g/mol. The quantitative estimate of drug-likeness (QED) is 0.805. The molecule has 6 heteroatoms. The topological polar surface area (TPSA) is 21.3 Å².